The van der Waals surface area contributed by atoms with Crippen LogP contribution in [0.25, 0.3) is 10.8 Å². The van der Waals surface area contributed by atoms with E-state index in [1.807, 2.05) is 18.5 Å². The minimum atomic E-state index is 0.0774. The zero-order valence-electron chi connectivity index (χ0n) is 10.6. The maximum absolute atomic E-state index is 6.35. The van der Waals surface area contributed by atoms with Crippen LogP contribution in [0.5, 0.6) is 0 Å². The zero-order valence-corrected chi connectivity index (χ0v) is 10.6. The third kappa shape index (κ3) is 2.47. The van der Waals surface area contributed by atoms with Crippen molar-refractivity contribution in [1.29, 1.82) is 0 Å². The molecule has 1 aromatic heterocycles. The average molecular weight is 228 g/mol. The van der Waals surface area contributed by atoms with E-state index in [4.69, 9.17) is 5.73 Å². The molecule has 2 atom stereocenters. The summed E-state index contributed by atoms with van der Waals surface area (Å²) in [5.74, 6) is 0.493. The number of hydrogen-bond acceptors (Lipinski definition) is 2. The second-order valence-electron chi connectivity index (χ2n) is 4.74. The molecule has 17 heavy (non-hydrogen) atoms. The van der Waals surface area contributed by atoms with Crippen LogP contribution < -0.4 is 5.73 Å². The molecule has 2 heteroatoms. The van der Waals surface area contributed by atoms with Crippen molar-refractivity contribution in [3.05, 3.63) is 42.2 Å². The standard InChI is InChI=1S/C15H20N2/c1-3-6-11(2)15(16)14-10-17-9-12-7-4-5-8-13(12)14/h4-5,7-11,15H,3,6,16H2,1-2H3. The van der Waals surface area contributed by atoms with Crippen LogP contribution in [0.1, 0.15) is 38.3 Å². The fourth-order valence-corrected chi connectivity index (χ4v) is 2.35. The van der Waals surface area contributed by atoms with Crippen LogP contribution in [0.15, 0.2) is 36.7 Å². The Balaban J connectivity index is 2.41. The maximum atomic E-state index is 6.35. The number of hydrogen-bond donors (Lipinski definition) is 1. The molecule has 0 aliphatic rings. The molecule has 0 saturated heterocycles. The molecule has 0 spiro atoms. The van der Waals surface area contributed by atoms with E-state index in [9.17, 15) is 0 Å². The van der Waals surface area contributed by atoms with Crippen molar-refractivity contribution in [3.63, 3.8) is 0 Å². The van der Waals surface area contributed by atoms with Gasteiger partial charge in [0.1, 0.15) is 0 Å². The van der Waals surface area contributed by atoms with Gasteiger partial charge in [-0.05, 0) is 23.3 Å². The Morgan fingerprint density at radius 2 is 2.00 bits per heavy atom. The molecule has 0 saturated carbocycles. The summed E-state index contributed by atoms with van der Waals surface area (Å²) in [6, 6.07) is 8.39. The Hall–Kier alpha value is -1.41. The monoisotopic (exact) mass is 228 g/mol. The molecule has 2 nitrogen and oxygen atoms in total. The van der Waals surface area contributed by atoms with E-state index in [0.29, 0.717) is 5.92 Å². The number of nitrogens with two attached hydrogens (primary N) is 1. The Kier molecular flexibility index (Phi) is 3.75. The molecule has 2 N–H and O–H groups in total. The van der Waals surface area contributed by atoms with Crippen LogP contribution in [0.3, 0.4) is 0 Å². The third-order valence-electron chi connectivity index (χ3n) is 3.42. The quantitative estimate of drug-likeness (QED) is 0.867. The summed E-state index contributed by atoms with van der Waals surface area (Å²) in [7, 11) is 0. The van der Waals surface area contributed by atoms with Gasteiger partial charge >= 0.3 is 0 Å². The lowest BCUT2D eigenvalue weighted by atomic mass is 9.90. The van der Waals surface area contributed by atoms with Gasteiger partial charge in [0.2, 0.25) is 0 Å². The summed E-state index contributed by atoms with van der Waals surface area (Å²) in [4.78, 5) is 4.30. The molecule has 0 radical (unpaired) electrons. The van der Waals surface area contributed by atoms with Crippen LogP contribution >= 0.6 is 0 Å². The maximum Gasteiger partial charge on any atom is 0.0346 e. The Bertz CT molecular complexity index is 488. The molecule has 0 fully saturated rings. The van der Waals surface area contributed by atoms with Crippen molar-refractivity contribution in [1.82, 2.24) is 4.98 Å². The fourth-order valence-electron chi connectivity index (χ4n) is 2.35. The lowest BCUT2D eigenvalue weighted by Gasteiger charge is -2.20. The Morgan fingerprint density at radius 1 is 1.24 bits per heavy atom. The summed E-state index contributed by atoms with van der Waals surface area (Å²) in [6.45, 7) is 4.42. The highest BCUT2D eigenvalue weighted by atomic mass is 14.7. The Labute approximate surface area is 103 Å². The number of aromatic nitrogens is 1. The highest BCUT2D eigenvalue weighted by Crippen LogP contribution is 2.28. The van der Waals surface area contributed by atoms with Crippen molar-refractivity contribution < 1.29 is 0 Å². The summed E-state index contributed by atoms with van der Waals surface area (Å²) in [6.07, 6.45) is 6.15. The van der Waals surface area contributed by atoms with Gasteiger partial charge in [-0.1, -0.05) is 44.5 Å². The van der Waals surface area contributed by atoms with Gasteiger partial charge in [-0.15, -0.1) is 0 Å². The van der Waals surface area contributed by atoms with E-state index in [0.717, 1.165) is 6.42 Å². The largest absolute Gasteiger partial charge is 0.324 e. The number of rotatable bonds is 4. The first-order chi connectivity index (χ1) is 8.24. The number of benzene rings is 1. The van der Waals surface area contributed by atoms with E-state index in [1.54, 1.807) is 0 Å². The molecule has 0 amide bonds. The molecule has 1 aromatic carbocycles. The summed E-state index contributed by atoms with van der Waals surface area (Å²) < 4.78 is 0. The molecule has 0 bridgehead atoms. The van der Waals surface area contributed by atoms with Crippen LogP contribution in [-0.4, -0.2) is 4.98 Å². The van der Waals surface area contributed by atoms with Gasteiger partial charge in [0.25, 0.3) is 0 Å². The lowest BCUT2D eigenvalue weighted by Crippen LogP contribution is -2.19. The first kappa shape index (κ1) is 12.1. The van der Waals surface area contributed by atoms with E-state index >= 15 is 0 Å². The third-order valence-corrected chi connectivity index (χ3v) is 3.42. The number of nitrogens with zero attached hydrogens (tertiary/aromatic N) is 1. The minimum Gasteiger partial charge on any atom is -0.324 e. The number of pyridine rings is 1. The van der Waals surface area contributed by atoms with E-state index in [2.05, 4.69) is 37.0 Å². The SMILES string of the molecule is CCCC(C)C(N)c1cncc2ccccc12. The molecular formula is C15H20N2. The van der Waals surface area contributed by atoms with Gasteiger partial charge in [-0.2, -0.15) is 0 Å². The molecule has 2 unspecified atom stereocenters. The van der Waals surface area contributed by atoms with Crippen molar-refractivity contribution in [2.45, 2.75) is 32.7 Å². The summed E-state index contributed by atoms with van der Waals surface area (Å²) in [5.41, 5.74) is 7.52. The van der Waals surface area contributed by atoms with Gasteiger partial charge < -0.3 is 5.73 Å². The van der Waals surface area contributed by atoms with Gasteiger partial charge in [-0.25, -0.2) is 0 Å². The molecule has 2 rings (SSSR count). The van der Waals surface area contributed by atoms with Crippen molar-refractivity contribution >= 4 is 10.8 Å². The van der Waals surface area contributed by atoms with Crippen molar-refractivity contribution in [2.24, 2.45) is 11.7 Å². The van der Waals surface area contributed by atoms with E-state index in [-0.39, 0.29) is 6.04 Å². The molecular weight excluding hydrogens is 208 g/mol. The lowest BCUT2D eigenvalue weighted by molar-refractivity contribution is 0.435. The fraction of sp³-hybridized carbons (Fsp3) is 0.400. The first-order valence-electron chi connectivity index (χ1n) is 6.32. The summed E-state index contributed by atoms with van der Waals surface area (Å²) in [5, 5.41) is 2.40. The van der Waals surface area contributed by atoms with Gasteiger partial charge in [0.05, 0.1) is 0 Å². The van der Waals surface area contributed by atoms with Crippen molar-refractivity contribution in [2.75, 3.05) is 0 Å². The Morgan fingerprint density at radius 3 is 2.76 bits per heavy atom. The van der Waals surface area contributed by atoms with E-state index in [1.165, 1.54) is 22.8 Å². The second-order valence-corrected chi connectivity index (χ2v) is 4.74. The zero-order chi connectivity index (χ0) is 12.3. The van der Waals surface area contributed by atoms with Gasteiger partial charge in [-0.3, -0.25) is 4.98 Å². The average Bonchev–Trinajstić information content (AvgIpc) is 2.37. The van der Waals surface area contributed by atoms with Crippen molar-refractivity contribution in [3.8, 4) is 0 Å². The predicted molar refractivity (Wildman–Crippen MR) is 72.7 cm³/mol. The predicted octanol–water partition coefficient (Wildman–Crippen LogP) is 3.67. The molecule has 0 aliphatic heterocycles. The molecule has 2 aromatic rings. The second kappa shape index (κ2) is 5.28. The first-order valence-corrected chi connectivity index (χ1v) is 6.32. The van der Waals surface area contributed by atoms with Crippen LogP contribution in [-0.2, 0) is 0 Å². The summed E-state index contributed by atoms with van der Waals surface area (Å²) >= 11 is 0. The molecule has 90 valence electrons. The normalized spacial score (nSPS) is 14.8. The van der Waals surface area contributed by atoms with Crippen LogP contribution in [0.2, 0.25) is 0 Å². The molecule has 1 heterocycles. The minimum absolute atomic E-state index is 0.0774. The smallest absolute Gasteiger partial charge is 0.0346 e. The van der Waals surface area contributed by atoms with Gasteiger partial charge in [0.15, 0.2) is 0 Å². The molecule has 0 aliphatic carbocycles. The van der Waals surface area contributed by atoms with E-state index < -0.39 is 0 Å². The highest BCUT2D eigenvalue weighted by Gasteiger charge is 2.16. The van der Waals surface area contributed by atoms with Crippen LogP contribution in [0, 0.1) is 5.92 Å². The van der Waals surface area contributed by atoms with Crippen LogP contribution in [0.4, 0.5) is 0 Å². The number of fused-ring (bicyclic) bond motifs is 1. The topological polar surface area (TPSA) is 38.9 Å². The van der Waals surface area contributed by atoms with Gasteiger partial charge in [0, 0.05) is 23.8 Å². The highest BCUT2D eigenvalue weighted by molar-refractivity contribution is 5.85.